The minimum atomic E-state index is -0.793. The maximum absolute atomic E-state index is 13.0. The molecule has 4 aromatic carbocycles. The normalized spacial score (nSPS) is 14.8. The molecule has 8 aromatic rings. The van der Waals surface area contributed by atoms with Gasteiger partial charge >= 0.3 is 11.9 Å². The molecular formula is C48H43BCl3FN6O4S2U. The summed E-state index contributed by atoms with van der Waals surface area (Å²) >= 11 is 15.8. The number of nitrogens with one attached hydrogen (secondary N) is 1. The number of aliphatic carboxylic acids is 2. The van der Waals surface area contributed by atoms with Gasteiger partial charge in [-0.05, 0) is 141 Å². The average Bonchev–Trinajstić information content (AvgIpc) is 3.82. The van der Waals surface area contributed by atoms with E-state index in [9.17, 15) is 19.1 Å². The number of anilines is 1. The van der Waals surface area contributed by atoms with E-state index in [1.807, 2.05) is 79.5 Å². The molecule has 2 fully saturated rings. The quantitative estimate of drug-likeness (QED) is 0.0945. The fourth-order valence-electron chi connectivity index (χ4n) is 7.44. The van der Waals surface area contributed by atoms with E-state index >= 15 is 0 Å². The molecule has 2 saturated heterocycles. The Bertz CT molecular complexity index is 2970. The predicted molar refractivity (Wildman–Crippen MR) is 265 cm³/mol. The van der Waals surface area contributed by atoms with Gasteiger partial charge in [-0.3, -0.25) is 4.79 Å². The van der Waals surface area contributed by atoms with Crippen LogP contribution in [0.15, 0.2) is 109 Å². The van der Waals surface area contributed by atoms with Crippen molar-refractivity contribution in [1.82, 2.24) is 25.3 Å². The third-order valence-corrected chi connectivity index (χ3v) is 13.0. The Labute approximate surface area is 432 Å². The van der Waals surface area contributed by atoms with Gasteiger partial charge in [-0.15, -0.1) is 35.1 Å². The minimum Gasteiger partial charge on any atom is -0.480 e. The predicted octanol–water partition coefficient (Wildman–Crippen LogP) is 10.8. The van der Waals surface area contributed by atoms with Gasteiger partial charge in [0.15, 0.2) is 0 Å². The van der Waals surface area contributed by atoms with Crippen molar-refractivity contribution in [2.24, 2.45) is 0 Å². The Morgan fingerprint density at radius 3 is 1.64 bits per heavy atom. The van der Waals surface area contributed by atoms with Crippen LogP contribution in [0.1, 0.15) is 45.1 Å². The topological polar surface area (TPSA) is 141 Å². The number of hydrogen-bond donors (Lipinski definition) is 3. The van der Waals surface area contributed by atoms with Gasteiger partial charge in [-0.2, -0.15) is 4.39 Å². The molecular weight excluding hydrogens is 1160 g/mol. The third kappa shape index (κ3) is 12.8. The SMILES string of the molecule is Cc1nc2c(-c3cccc(Cl)c3)cc(Cc3ccc(F)nc3)cc2s1.Cc1nc2c(-c3cccc(Cl)c3)cc(Cc3ccc(N4CC[C@@H]4C(=O)O)nc3)cc2s1.Cl.O=C(O)[C@H]1CCN1.[2H][B].[U]. The average molecular weight is 1210 g/mol. The number of hydrogen-bond acceptors (Lipinski definition) is 10. The summed E-state index contributed by atoms with van der Waals surface area (Å²) in [6.45, 7) is 5.62. The molecule has 10 nitrogen and oxygen atoms in total. The van der Waals surface area contributed by atoms with E-state index in [-0.39, 0.29) is 49.6 Å². The van der Waals surface area contributed by atoms with Crippen molar-refractivity contribution in [2.75, 3.05) is 18.0 Å². The molecule has 0 unspecified atom stereocenters. The smallest absolute Gasteiger partial charge is 0.326 e. The first-order chi connectivity index (χ1) is 31.4. The van der Waals surface area contributed by atoms with Crippen molar-refractivity contribution < 1.29 is 55.3 Å². The fraction of sp³-hybridized carbons (Fsp3) is 0.208. The first kappa shape index (κ1) is 51.0. The molecule has 2 atom stereocenters. The van der Waals surface area contributed by atoms with Crippen molar-refractivity contribution >= 4 is 105 Å². The number of thiazole rings is 2. The van der Waals surface area contributed by atoms with E-state index < -0.39 is 23.9 Å². The van der Waals surface area contributed by atoms with Crippen molar-refractivity contribution in [2.45, 2.75) is 51.6 Å². The third-order valence-electron chi connectivity index (χ3n) is 10.7. The summed E-state index contributed by atoms with van der Waals surface area (Å²) in [6.07, 6.45) is 6.29. The second-order valence-electron chi connectivity index (χ2n) is 15.3. The van der Waals surface area contributed by atoms with E-state index in [0.717, 1.165) is 101 Å². The Hall–Kier alpha value is -4.42. The number of nitrogens with zero attached hydrogens (tertiary/aromatic N) is 5. The second kappa shape index (κ2) is 23.5. The first-order valence-corrected chi connectivity index (χ1v) is 22.6. The van der Waals surface area contributed by atoms with Crippen LogP contribution in [0.3, 0.4) is 0 Å². The van der Waals surface area contributed by atoms with Crippen LogP contribution < -0.4 is 10.2 Å². The number of pyridine rings is 2. The van der Waals surface area contributed by atoms with E-state index in [0.29, 0.717) is 22.9 Å². The molecule has 2 aliphatic heterocycles. The number of halogens is 4. The summed E-state index contributed by atoms with van der Waals surface area (Å²) in [6, 6.07) is 30.7. The van der Waals surface area contributed by atoms with Crippen molar-refractivity contribution in [1.29, 1.82) is 1.34 Å². The van der Waals surface area contributed by atoms with Crippen LogP contribution in [0.4, 0.5) is 10.2 Å². The van der Waals surface area contributed by atoms with Crippen LogP contribution >= 0.6 is 58.3 Å². The molecule has 0 bridgehead atoms. The van der Waals surface area contributed by atoms with Gasteiger partial charge in [-0.1, -0.05) is 59.6 Å². The zero-order valence-corrected chi connectivity index (χ0v) is 43.8. The summed E-state index contributed by atoms with van der Waals surface area (Å²) in [7, 11) is 3.75. The molecule has 2 radical (unpaired) electrons. The Balaban J connectivity index is 0.000000210. The van der Waals surface area contributed by atoms with E-state index in [1.54, 1.807) is 34.9 Å². The van der Waals surface area contributed by atoms with Gasteiger partial charge in [0.25, 0.3) is 0 Å². The van der Waals surface area contributed by atoms with E-state index in [4.69, 9.17) is 39.6 Å². The zero-order valence-electron chi connectivity index (χ0n) is 36.7. The van der Waals surface area contributed by atoms with Crippen LogP contribution in [0.25, 0.3) is 42.7 Å². The molecule has 336 valence electrons. The molecule has 6 heterocycles. The standard InChI is InChI=1S/C24H20ClN3O2S.C20H14ClFN2S.C4H7NO2.BH.ClH.U/c1-14-27-23-19(17-3-2-4-18(25)12-17)10-16(11-21(23)31-14)9-15-5-6-22(26-13-15)28-8-7-20(28)24(29)30;1-12-24-20-17(15-3-2-4-16(21)10-15)8-14(9-18(20)25-12)7-13-5-6-19(22)23-11-13;6-4(7)3-1-2-5-3;;;/h2-6,10-13,20H,7-9H2,1H3,(H,29,30);2-6,8-11H,7H2,1H3;3,5H,1-2H2,(H,6,7);2*1H;/t20-;;3-;;;/m1.1.../s1/i;;;1D;;. The summed E-state index contributed by atoms with van der Waals surface area (Å²) in [5.41, 5.74) is 10.6. The zero-order chi connectivity index (χ0) is 46.2. The second-order valence-corrected chi connectivity index (χ2v) is 18.6. The van der Waals surface area contributed by atoms with Crippen molar-refractivity contribution in [3.8, 4) is 22.3 Å². The molecule has 0 amide bonds. The van der Waals surface area contributed by atoms with Crippen molar-refractivity contribution in [3.63, 3.8) is 0 Å². The molecule has 0 saturated carbocycles. The largest absolute Gasteiger partial charge is 0.480 e. The van der Waals surface area contributed by atoms with Crippen LogP contribution in [0.2, 0.25) is 10.0 Å². The fourth-order valence-corrected chi connectivity index (χ4v) is 9.66. The van der Waals surface area contributed by atoms with Crippen LogP contribution in [-0.4, -0.2) is 77.0 Å². The van der Waals surface area contributed by atoms with Gasteiger partial charge in [0, 0.05) is 79.6 Å². The number of aromatic nitrogens is 4. The Morgan fingerprint density at radius 2 is 1.27 bits per heavy atom. The number of carboxylic acids is 2. The molecule has 18 heteroatoms. The summed E-state index contributed by atoms with van der Waals surface area (Å²) in [5.74, 6) is -1.27. The van der Waals surface area contributed by atoms with Gasteiger partial charge in [0.1, 0.15) is 17.9 Å². The van der Waals surface area contributed by atoms with Gasteiger partial charge in [-0.25, -0.2) is 24.7 Å². The van der Waals surface area contributed by atoms with Gasteiger partial charge < -0.3 is 20.4 Å². The molecule has 66 heavy (non-hydrogen) atoms. The van der Waals surface area contributed by atoms with Crippen LogP contribution in [-0.2, 0) is 22.4 Å². The van der Waals surface area contributed by atoms with Crippen LogP contribution in [0, 0.1) is 50.9 Å². The van der Waals surface area contributed by atoms with Gasteiger partial charge in [0.2, 0.25) is 5.95 Å². The number of aryl methyl sites for hydroxylation is 2. The minimum absolute atomic E-state index is 0. The van der Waals surface area contributed by atoms with Crippen LogP contribution in [0.5, 0.6) is 0 Å². The number of carbonyl (C=O) groups is 2. The molecule has 4 aromatic heterocycles. The molecule has 10 rings (SSSR count). The van der Waals surface area contributed by atoms with Gasteiger partial charge in [0.05, 0.1) is 30.4 Å². The molecule has 3 N–H and O–H groups in total. The number of carboxylic acid groups (broad SMARTS) is 2. The monoisotopic (exact) mass is 1210 g/mol. The first-order valence-electron chi connectivity index (χ1n) is 20.8. The Morgan fingerprint density at radius 1 is 0.758 bits per heavy atom. The maximum Gasteiger partial charge on any atom is 0.326 e. The molecule has 0 aliphatic carbocycles. The van der Waals surface area contributed by atoms with Crippen molar-refractivity contribution in [3.05, 3.63) is 158 Å². The summed E-state index contributed by atoms with van der Waals surface area (Å²) < 4.78 is 20.6. The summed E-state index contributed by atoms with van der Waals surface area (Å²) in [5, 5.41) is 23.6. The molecule has 0 spiro atoms. The number of fused-ring (bicyclic) bond motifs is 2. The number of benzene rings is 4. The molecule has 2 aliphatic rings. The summed E-state index contributed by atoms with van der Waals surface area (Å²) in [4.78, 5) is 40.7. The van der Waals surface area contributed by atoms with E-state index in [2.05, 4.69) is 54.0 Å². The van der Waals surface area contributed by atoms with E-state index in [1.165, 1.54) is 11.6 Å². The number of rotatable bonds is 9. The Kier molecular flexibility index (Phi) is 18.2. The maximum atomic E-state index is 13.0.